The van der Waals surface area contributed by atoms with E-state index in [-0.39, 0.29) is 5.41 Å². The molecule has 0 fully saturated rings. The summed E-state index contributed by atoms with van der Waals surface area (Å²) in [6.07, 6.45) is 0. The van der Waals surface area contributed by atoms with E-state index in [2.05, 4.69) is 0 Å². The lowest BCUT2D eigenvalue weighted by Gasteiger charge is -2.21. The Kier molecular flexibility index (Phi) is 3.46. The predicted octanol–water partition coefficient (Wildman–Crippen LogP) is 1.99. The van der Waals surface area contributed by atoms with Crippen molar-refractivity contribution in [3.05, 3.63) is 38.9 Å². The molecule has 0 bridgehead atoms. The SMILES string of the molecule is CC(C)(C)Cn1c(=O)c(=O)n(I)c2ccc(N)cc21. The average Bonchev–Trinajstić information content (AvgIpc) is 2.30. The molecule has 1 heterocycles. The maximum absolute atomic E-state index is 12.2. The van der Waals surface area contributed by atoms with Crippen molar-refractivity contribution in [2.75, 3.05) is 5.73 Å². The van der Waals surface area contributed by atoms with Gasteiger partial charge in [-0.1, -0.05) is 20.8 Å². The first-order valence-corrected chi connectivity index (χ1v) is 6.88. The number of nitrogens with zero attached hydrogens (tertiary/aromatic N) is 2. The highest BCUT2D eigenvalue weighted by atomic mass is 127. The van der Waals surface area contributed by atoms with Crippen LogP contribution in [0.3, 0.4) is 0 Å². The monoisotopic (exact) mass is 373 g/mol. The zero-order valence-electron chi connectivity index (χ0n) is 11.1. The van der Waals surface area contributed by atoms with Gasteiger partial charge in [0.15, 0.2) is 0 Å². The molecule has 2 aromatic rings. The highest BCUT2D eigenvalue weighted by Gasteiger charge is 2.17. The molecule has 0 radical (unpaired) electrons. The van der Waals surface area contributed by atoms with Crippen molar-refractivity contribution in [2.45, 2.75) is 27.3 Å². The van der Waals surface area contributed by atoms with Gasteiger partial charge in [-0.15, -0.1) is 0 Å². The maximum atomic E-state index is 12.2. The first-order valence-electron chi connectivity index (χ1n) is 5.92. The van der Waals surface area contributed by atoms with Gasteiger partial charge >= 0.3 is 11.1 Å². The minimum absolute atomic E-state index is 0.106. The summed E-state index contributed by atoms with van der Waals surface area (Å²) in [4.78, 5) is 24.1. The normalized spacial score (nSPS) is 12.0. The molecule has 0 atom stereocenters. The summed E-state index contributed by atoms with van der Waals surface area (Å²) in [5, 5.41) is 0. The third-order valence-corrected chi connectivity index (χ3v) is 3.70. The lowest BCUT2D eigenvalue weighted by molar-refractivity contribution is 0.343. The Bertz CT molecular complexity index is 753. The van der Waals surface area contributed by atoms with Gasteiger partial charge in [0, 0.05) is 12.2 Å². The third-order valence-electron chi connectivity index (χ3n) is 2.74. The van der Waals surface area contributed by atoms with E-state index in [0.717, 1.165) is 0 Å². The van der Waals surface area contributed by atoms with Crippen LogP contribution in [-0.4, -0.2) is 7.35 Å². The molecule has 1 aromatic heterocycles. The molecule has 0 saturated heterocycles. The number of fused-ring (bicyclic) bond motifs is 1. The summed E-state index contributed by atoms with van der Waals surface area (Å²) < 4.78 is 2.86. The van der Waals surface area contributed by atoms with E-state index < -0.39 is 11.1 Å². The molecule has 2 rings (SSSR count). The molecule has 1 aromatic carbocycles. The fourth-order valence-corrected chi connectivity index (χ4v) is 2.59. The second-order valence-corrected chi connectivity index (χ2v) is 6.75. The molecule has 0 aliphatic rings. The number of rotatable bonds is 1. The zero-order valence-corrected chi connectivity index (χ0v) is 13.3. The minimum atomic E-state index is -0.526. The highest BCUT2D eigenvalue weighted by Crippen LogP contribution is 2.21. The van der Waals surface area contributed by atoms with Crippen molar-refractivity contribution < 1.29 is 0 Å². The van der Waals surface area contributed by atoms with Crippen molar-refractivity contribution in [3.63, 3.8) is 0 Å². The van der Waals surface area contributed by atoms with Crippen molar-refractivity contribution >= 4 is 39.6 Å². The lowest BCUT2D eigenvalue weighted by Crippen LogP contribution is -2.40. The fraction of sp³-hybridized carbons (Fsp3) is 0.385. The number of hydrogen-bond donors (Lipinski definition) is 1. The van der Waals surface area contributed by atoms with Crippen LogP contribution < -0.4 is 16.9 Å². The molecule has 0 spiro atoms. The van der Waals surface area contributed by atoms with Gasteiger partial charge in [0.2, 0.25) is 0 Å². The Morgan fingerprint density at radius 2 is 1.79 bits per heavy atom. The van der Waals surface area contributed by atoms with Crippen LogP contribution in [0.2, 0.25) is 0 Å². The van der Waals surface area contributed by atoms with Crippen molar-refractivity contribution in [1.29, 1.82) is 0 Å². The molecular formula is C13H16IN3O2. The van der Waals surface area contributed by atoms with Crippen LogP contribution in [0, 0.1) is 5.41 Å². The Hall–Kier alpha value is -1.31. The number of hydrogen-bond acceptors (Lipinski definition) is 3. The van der Waals surface area contributed by atoms with E-state index in [4.69, 9.17) is 5.73 Å². The average molecular weight is 373 g/mol. The highest BCUT2D eigenvalue weighted by molar-refractivity contribution is 14.1. The molecule has 0 aliphatic heterocycles. The first-order chi connectivity index (χ1) is 8.70. The second kappa shape index (κ2) is 4.66. The minimum Gasteiger partial charge on any atom is -0.399 e. The number of halogens is 1. The number of anilines is 1. The van der Waals surface area contributed by atoms with Crippen LogP contribution in [0.1, 0.15) is 20.8 Å². The third kappa shape index (κ3) is 2.68. The lowest BCUT2D eigenvalue weighted by atomic mass is 9.96. The van der Waals surface area contributed by atoms with Crippen LogP contribution in [-0.2, 0) is 6.54 Å². The fourth-order valence-electron chi connectivity index (χ4n) is 1.97. The molecule has 2 N–H and O–H groups in total. The van der Waals surface area contributed by atoms with E-state index >= 15 is 0 Å². The Labute approximate surface area is 124 Å². The van der Waals surface area contributed by atoms with Gasteiger partial charge in [-0.25, -0.2) is 2.78 Å². The summed E-state index contributed by atoms with van der Waals surface area (Å²) in [7, 11) is 0. The van der Waals surface area contributed by atoms with Crippen molar-refractivity contribution in [1.82, 2.24) is 7.35 Å². The quantitative estimate of drug-likeness (QED) is 0.472. The van der Waals surface area contributed by atoms with Crippen LogP contribution in [0.15, 0.2) is 27.8 Å². The molecule has 0 unspecified atom stereocenters. The van der Waals surface area contributed by atoms with Gasteiger partial charge in [-0.2, -0.15) is 0 Å². The number of benzene rings is 1. The summed E-state index contributed by atoms with van der Waals surface area (Å²) in [6.45, 7) is 6.53. The smallest absolute Gasteiger partial charge is 0.325 e. The molecule has 19 heavy (non-hydrogen) atoms. The molecule has 6 heteroatoms. The van der Waals surface area contributed by atoms with Gasteiger partial charge in [0.25, 0.3) is 0 Å². The standard InChI is InChI=1S/C13H16IN3O2/c1-13(2,3)7-16-10-6-8(15)4-5-9(10)17(14)12(19)11(16)18/h4-6H,7,15H2,1-3H3. The molecular weight excluding hydrogens is 357 g/mol. The number of nitrogen functional groups attached to an aromatic ring is 1. The molecule has 102 valence electrons. The summed E-state index contributed by atoms with van der Waals surface area (Å²) >= 11 is 1.84. The Balaban J connectivity index is 2.92. The van der Waals surface area contributed by atoms with Gasteiger partial charge in [0.05, 0.1) is 33.9 Å². The number of aromatic nitrogens is 2. The first kappa shape index (κ1) is 14.1. The van der Waals surface area contributed by atoms with E-state index in [1.54, 1.807) is 18.2 Å². The van der Waals surface area contributed by atoms with E-state index in [1.165, 1.54) is 7.35 Å². The van der Waals surface area contributed by atoms with Crippen molar-refractivity contribution in [3.8, 4) is 0 Å². The number of nitrogens with two attached hydrogens (primary N) is 1. The van der Waals surface area contributed by atoms with E-state index in [1.807, 2.05) is 43.6 Å². The van der Waals surface area contributed by atoms with Crippen LogP contribution in [0.5, 0.6) is 0 Å². The van der Waals surface area contributed by atoms with E-state index in [0.29, 0.717) is 23.3 Å². The Morgan fingerprint density at radius 3 is 2.37 bits per heavy atom. The molecule has 0 aliphatic carbocycles. The topological polar surface area (TPSA) is 70.0 Å². The maximum Gasteiger partial charge on any atom is 0.325 e. The Morgan fingerprint density at radius 1 is 1.16 bits per heavy atom. The van der Waals surface area contributed by atoms with Crippen LogP contribution in [0.4, 0.5) is 5.69 Å². The van der Waals surface area contributed by atoms with Gasteiger partial charge in [-0.05, 0) is 23.6 Å². The predicted molar refractivity (Wildman–Crippen MR) is 85.8 cm³/mol. The zero-order chi connectivity index (χ0) is 14.4. The van der Waals surface area contributed by atoms with Crippen molar-refractivity contribution in [2.24, 2.45) is 5.41 Å². The molecule has 0 amide bonds. The summed E-state index contributed by atoms with van der Waals surface area (Å²) in [5.41, 5.74) is 6.61. The van der Waals surface area contributed by atoms with E-state index in [9.17, 15) is 9.59 Å². The van der Waals surface area contributed by atoms with Gasteiger partial charge < -0.3 is 10.3 Å². The second-order valence-electron chi connectivity index (χ2n) is 5.79. The summed E-state index contributed by atoms with van der Waals surface area (Å²) in [5.74, 6) is 0. The van der Waals surface area contributed by atoms with Gasteiger partial charge in [-0.3, -0.25) is 9.59 Å². The largest absolute Gasteiger partial charge is 0.399 e. The van der Waals surface area contributed by atoms with Crippen LogP contribution >= 0.6 is 22.9 Å². The van der Waals surface area contributed by atoms with Crippen LogP contribution in [0.25, 0.3) is 11.0 Å². The van der Waals surface area contributed by atoms with Gasteiger partial charge in [0.1, 0.15) is 0 Å². The molecule has 5 nitrogen and oxygen atoms in total. The molecule has 0 saturated carbocycles. The summed E-state index contributed by atoms with van der Waals surface area (Å²) in [6, 6.07) is 5.22.